The minimum absolute atomic E-state index is 0. The maximum absolute atomic E-state index is 13.1. The summed E-state index contributed by atoms with van der Waals surface area (Å²) in [5, 5.41) is 106. The Balaban J connectivity index is 0.00000263. The van der Waals surface area contributed by atoms with Crippen molar-refractivity contribution in [1.29, 1.82) is 0 Å². The van der Waals surface area contributed by atoms with Crippen LogP contribution in [0.15, 0.2) is 85.0 Å². The van der Waals surface area contributed by atoms with Crippen molar-refractivity contribution in [3.63, 3.8) is 0 Å². The molecule has 5 aromatic rings. The molecule has 2 aromatic carbocycles. The van der Waals surface area contributed by atoms with Crippen LogP contribution in [0.25, 0.3) is 22.5 Å². The molecule has 2 aliphatic heterocycles. The first-order chi connectivity index (χ1) is 37.1. The molecule has 3 aromatic heterocycles. The average Bonchev–Trinajstić information content (AvgIpc) is 4.26. The van der Waals surface area contributed by atoms with Crippen LogP contribution in [0.2, 0.25) is 0 Å². The van der Waals surface area contributed by atoms with Gasteiger partial charge in [-0.2, -0.15) is 9.59 Å². The van der Waals surface area contributed by atoms with Gasteiger partial charge in [0.1, 0.15) is 59.7 Å². The number of aliphatic hydroxyl groups is 6. The molecule has 27 nitrogen and oxygen atoms in total. The molecule has 9 N–H and O–H groups in total. The second-order valence-corrected chi connectivity index (χ2v) is 18.2. The zero-order valence-electron chi connectivity index (χ0n) is 43.9. The van der Waals surface area contributed by atoms with Gasteiger partial charge < -0.3 is 72.2 Å². The van der Waals surface area contributed by atoms with E-state index in [1.54, 1.807) is 72.5 Å². The normalized spacial score (nSPS) is 19.8. The van der Waals surface area contributed by atoms with E-state index in [0.29, 0.717) is 66.1 Å². The van der Waals surface area contributed by atoms with Crippen molar-refractivity contribution in [2.45, 2.75) is 127 Å². The van der Waals surface area contributed by atoms with E-state index in [0.717, 1.165) is 18.5 Å². The zero-order chi connectivity index (χ0) is 55.6. The SMILES string of the molecule is CC(=O)N[C@@H]1[C@@H]([C@@H](O)[C@@H](O)CO)O[C-]=C[C@H]1n1cc(-c2ccccc2NC(=O)CCCCc2cn(CCCCCC(=O)Nc3ccccc3-c3cn([C@H]4C=C(C(=O)[O-])O[C@@H]([C@H](O)[C@H](O)CO)[C@@H]4C)nn3)nn2)nn1.O=C=O.[Na+].[Na+]. The van der Waals surface area contributed by atoms with Gasteiger partial charge in [0.05, 0.1) is 60.8 Å². The van der Waals surface area contributed by atoms with E-state index in [4.69, 9.17) is 19.1 Å². The van der Waals surface area contributed by atoms with E-state index in [1.165, 1.54) is 28.4 Å². The molecule has 0 aliphatic carbocycles. The Hall–Kier alpha value is -6.04. The molecule has 7 rings (SSSR count). The Morgan fingerprint density at radius 2 is 1.27 bits per heavy atom. The van der Waals surface area contributed by atoms with Crippen LogP contribution in [0.1, 0.15) is 76.6 Å². The van der Waals surface area contributed by atoms with Gasteiger partial charge in [-0.1, -0.05) is 65.4 Å². The predicted molar refractivity (Wildman–Crippen MR) is 263 cm³/mol. The van der Waals surface area contributed by atoms with Crippen LogP contribution in [-0.2, 0) is 51.2 Å². The van der Waals surface area contributed by atoms with E-state index < -0.39 is 91.5 Å². The smallest absolute Gasteiger partial charge is 0.688 e. The Morgan fingerprint density at radius 1 is 0.734 bits per heavy atom. The van der Waals surface area contributed by atoms with E-state index >= 15 is 0 Å². The van der Waals surface area contributed by atoms with Crippen LogP contribution in [0.5, 0.6) is 0 Å². The third-order valence-corrected chi connectivity index (χ3v) is 12.8. The largest absolute Gasteiger partial charge is 1.00 e. The van der Waals surface area contributed by atoms with Crippen LogP contribution < -0.4 is 80.2 Å². The van der Waals surface area contributed by atoms with Gasteiger partial charge in [-0.05, 0) is 50.3 Å². The molecule has 3 amide bonds. The summed E-state index contributed by atoms with van der Waals surface area (Å²) in [6.07, 6.45) is 6.55. The number of hydrogen-bond donors (Lipinski definition) is 9. The van der Waals surface area contributed by atoms with Crippen molar-refractivity contribution in [1.82, 2.24) is 50.3 Å². The fraction of sp³-hybridized carbons (Fsp3) is 0.460. The molecule has 0 bridgehead atoms. The number of carboxylic acids is 1. The summed E-state index contributed by atoms with van der Waals surface area (Å²) < 4.78 is 15.5. The number of benzene rings is 2. The van der Waals surface area contributed by atoms with Crippen LogP contribution in [-0.4, -0.2) is 161 Å². The monoisotopic (exact) mass is 1110 g/mol. The predicted octanol–water partition coefficient (Wildman–Crippen LogP) is -6.83. The number of ether oxygens (including phenoxy) is 2. The number of rotatable bonds is 25. The molecule has 79 heavy (non-hydrogen) atoms. The molecule has 0 unspecified atom stereocenters. The first-order valence-corrected chi connectivity index (χ1v) is 24.6. The van der Waals surface area contributed by atoms with Crippen molar-refractivity contribution in [2.75, 3.05) is 23.8 Å². The minimum atomic E-state index is -1.63. The number of amides is 3. The second kappa shape index (κ2) is 32.3. The van der Waals surface area contributed by atoms with Gasteiger partial charge in [0, 0.05) is 49.6 Å². The van der Waals surface area contributed by atoms with Gasteiger partial charge in [-0.15, -0.1) is 15.3 Å². The van der Waals surface area contributed by atoms with Gasteiger partial charge in [0.2, 0.25) is 17.7 Å². The molecule has 2 aliphatic rings. The summed E-state index contributed by atoms with van der Waals surface area (Å²) in [7, 11) is 0. The van der Waals surface area contributed by atoms with Gasteiger partial charge in [-0.3, -0.25) is 19.1 Å². The maximum atomic E-state index is 13.1. The van der Waals surface area contributed by atoms with Crippen molar-refractivity contribution < 1.29 is 133 Å². The summed E-state index contributed by atoms with van der Waals surface area (Å²) in [4.78, 5) is 66.3. The number of hydrogen-bond acceptors (Lipinski definition) is 21. The van der Waals surface area contributed by atoms with Gasteiger partial charge in [0.15, 0.2) is 0 Å². The van der Waals surface area contributed by atoms with Crippen molar-refractivity contribution in [3.8, 4) is 22.5 Å². The first kappa shape index (κ1) is 65.5. The van der Waals surface area contributed by atoms with Crippen LogP contribution in [0, 0.1) is 12.2 Å². The van der Waals surface area contributed by atoms with E-state index in [9.17, 15) is 54.9 Å². The van der Waals surface area contributed by atoms with Crippen molar-refractivity contribution in [2.24, 2.45) is 5.92 Å². The molecule has 5 heterocycles. The zero-order valence-corrected chi connectivity index (χ0v) is 47.9. The number of allylic oxidation sites excluding steroid dienone is 1. The molecule has 10 atom stereocenters. The molecule has 0 spiro atoms. The number of aromatic nitrogens is 9. The van der Waals surface area contributed by atoms with E-state index in [1.807, 2.05) is 6.20 Å². The molecular weight excluding hydrogens is 1050 g/mol. The number of carboxylic acid groups (broad SMARTS) is 1. The third-order valence-electron chi connectivity index (χ3n) is 12.8. The van der Waals surface area contributed by atoms with Crippen molar-refractivity contribution in [3.05, 3.63) is 97.0 Å². The topological polar surface area (TPSA) is 394 Å². The summed E-state index contributed by atoms with van der Waals surface area (Å²) in [5.74, 6) is -3.64. The van der Waals surface area contributed by atoms with E-state index in [2.05, 4.69) is 53.1 Å². The van der Waals surface area contributed by atoms with Crippen LogP contribution >= 0.6 is 0 Å². The third kappa shape index (κ3) is 18.0. The Labute approximate surface area is 497 Å². The molecule has 29 heteroatoms. The average molecular weight is 1120 g/mol. The number of aliphatic hydroxyl groups excluding tert-OH is 6. The summed E-state index contributed by atoms with van der Waals surface area (Å²) in [6, 6.07) is 11.7. The summed E-state index contributed by atoms with van der Waals surface area (Å²) in [6.45, 7) is 2.08. The van der Waals surface area contributed by atoms with Crippen LogP contribution in [0.3, 0.4) is 0 Å². The standard InChI is InChI=1S/C49H61N12O13.CO2.2Na/c1-28-38(22-41(49(71)72)74-47(28)45(69)39(65)26-62)61-25-36(55-58-61)32-14-7-9-16-34(32)51-42(67)17-4-3-11-20-59-23-30(53-56-59)12-5-10-18-43(68)52-33-15-8-6-13-31(33)35-24-60(57-54-35)37-19-21-73-48(44(37)50-29(2)64)46(70)40(66)27-63;2-1-3;;/h6-9,13-16,19,22-25,28,37-40,44-48,62-63,65-66,69-70H,3-5,10-12,17-18,20,26-27H2,1-2H3,(H,50,64)(H,51,67)(H,52,68)(H,71,72);;;/q-1;;2*+1/p-1/t28-,37-,38+,39-,40+,44+,45-,46+,47-,48+;;;/m1.../s1. The maximum Gasteiger partial charge on any atom is 1.00 e. The van der Waals surface area contributed by atoms with E-state index in [-0.39, 0.29) is 89.9 Å². The van der Waals surface area contributed by atoms with Gasteiger partial charge in [0.25, 0.3) is 0 Å². The number of para-hydroxylation sites is 2. The summed E-state index contributed by atoms with van der Waals surface area (Å²) >= 11 is 0. The molecule has 412 valence electrons. The Bertz CT molecular complexity index is 2880. The number of aryl methyl sites for hydroxylation is 2. The summed E-state index contributed by atoms with van der Waals surface area (Å²) in [5.41, 5.74) is 3.76. The minimum Gasteiger partial charge on any atom is -0.688 e. The number of nitrogens with zero attached hydrogens (tertiary/aromatic N) is 9. The molecular formula is C50H60N12Na2O15. The molecule has 0 saturated heterocycles. The first-order valence-electron chi connectivity index (χ1n) is 24.6. The molecule has 0 saturated carbocycles. The fourth-order valence-corrected chi connectivity index (χ4v) is 8.78. The number of aliphatic carboxylic acids is 1. The van der Waals surface area contributed by atoms with Gasteiger partial charge >= 0.3 is 65.3 Å². The number of anilines is 2. The number of unbranched alkanes of at least 4 members (excludes halogenated alkanes) is 3. The fourth-order valence-electron chi connectivity index (χ4n) is 8.78. The van der Waals surface area contributed by atoms with Crippen LogP contribution in [0.4, 0.5) is 11.4 Å². The molecule has 0 fully saturated rings. The molecule has 0 radical (unpaired) electrons. The Morgan fingerprint density at radius 3 is 1.81 bits per heavy atom. The second-order valence-electron chi connectivity index (χ2n) is 18.2. The van der Waals surface area contributed by atoms with Crippen molar-refractivity contribution >= 4 is 41.2 Å². The quantitative estimate of drug-likeness (QED) is 0.0149. The number of carbonyl (C=O) groups excluding carboxylic acids is 6. The number of carbonyl (C=O) groups is 4. The van der Waals surface area contributed by atoms with Gasteiger partial charge in [-0.25, -0.2) is 15.4 Å². The number of nitrogens with one attached hydrogen (secondary N) is 3. The Kier molecular flexibility index (Phi) is 26.7.